The van der Waals surface area contributed by atoms with Crippen molar-refractivity contribution in [2.45, 2.75) is 43.7 Å². The molecule has 4 aromatic carbocycles. The summed E-state index contributed by atoms with van der Waals surface area (Å²) in [4.78, 5) is 11.9. The number of β-amino-alcohol motifs (C(OH)–C–C–N with tert-alkyl or cyclic N) is 1. The van der Waals surface area contributed by atoms with E-state index in [-0.39, 0.29) is 52.8 Å². The number of hydrogen-bond acceptors (Lipinski definition) is 8. The number of nitriles is 1. The fourth-order valence-electron chi connectivity index (χ4n) is 4.76. The Bertz CT molecular complexity index is 1760. The summed E-state index contributed by atoms with van der Waals surface area (Å²) in [6.45, 7) is 6.25. The van der Waals surface area contributed by atoms with Gasteiger partial charge in [0.2, 0.25) is 0 Å². The van der Waals surface area contributed by atoms with E-state index >= 15 is 0 Å². The first-order chi connectivity index (χ1) is 20.9. The maximum absolute atomic E-state index is 13.2. The number of benzene rings is 4. The molecule has 0 bridgehead atoms. The van der Waals surface area contributed by atoms with Crippen LogP contribution in [-0.2, 0) is 21.2 Å². The highest BCUT2D eigenvalue weighted by atomic mass is 32.2. The van der Waals surface area contributed by atoms with Gasteiger partial charge in [0.15, 0.2) is 0 Å². The smallest absolute Gasteiger partial charge is 0.338 e. The molecule has 9 nitrogen and oxygen atoms in total. The number of sulfonamides is 1. The van der Waals surface area contributed by atoms with Gasteiger partial charge in [-0.25, -0.2) is 13.2 Å². The van der Waals surface area contributed by atoms with Gasteiger partial charge < -0.3 is 19.9 Å². The van der Waals surface area contributed by atoms with Crippen LogP contribution >= 0.6 is 0 Å². The van der Waals surface area contributed by atoms with E-state index in [4.69, 9.17) is 9.47 Å². The summed E-state index contributed by atoms with van der Waals surface area (Å²) in [7, 11) is -2.61. The van der Waals surface area contributed by atoms with E-state index in [2.05, 4.69) is 49.5 Å². The van der Waals surface area contributed by atoms with Gasteiger partial charge in [-0.3, -0.25) is 4.31 Å². The van der Waals surface area contributed by atoms with E-state index in [1.807, 2.05) is 18.2 Å². The minimum Gasteiger partial charge on any atom is -0.489 e. The molecule has 0 saturated heterocycles. The number of nitrogens with one attached hydrogen (secondary N) is 1. The van der Waals surface area contributed by atoms with Crippen molar-refractivity contribution in [2.75, 3.05) is 31.1 Å². The Morgan fingerprint density at radius 3 is 2.41 bits per heavy atom. The van der Waals surface area contributed by atoms with E-state index in [0.29, 0.717) is 0 Å². The highest BCUT2D eigenvalue weighted by molar-refractivity contribution is 7.92. The number of carbonyl (C=O) groups excluding carboxylic acids is 1. The Labute approximate surface area is 258 Å². The van der Waals surface area contributed by atoms with Crippen LogP contribution in [0.5, 0.6) is 5.75 Å². The summed E-state index contributed by atoms with van der Waals surface area (Å²) in [5.74, 6) is -0.306. The molecule has 0 spiro atoms. The molecule has 0 aliphatic heterocycles. The van der Waals surface area contributed by atoms with Crippen LogP contribution < -0.4 is 14.4 Å². The third kappa shape index (κ3) is 7.94. The second-order valence-electron chi connectivity index (χ2n) is 11.1. The van der Waals surface area contributed by atoms with E-state index in [1.165, 1.54) is 65.8 Å². The zero-order valence-electron chi connectivity index (χ0n) is 25.3. The lowest BCUT2D eigenvalue weighted by Crippen LogP contribution is -2.46. The third-order valence-electron chi connectivity index (χ3n) is 7.18. The van der Waals surface area contributed by atoms with Crippen LogP contribution in [0, 0.1) is 11.3 Å². The van der Waals surface area contributed by atoms with Gasteiger partial charge in [0.05, 0.1) is 28.3 Å². The molecule has 0 aromatic heterocycles. The summed E-state index contributed by atoms with van der Waals surface area (Å²) in [5, 5.41) is 26.1. The number of anilines is 1. The highest BCUT2D eigenvalue weighted by Gasteiger charge is 2.24. The Hall–Kier alpha value is -4.43. The maximum atomic E-state index is 13.2. The number of esters is 1. The van der Waals surface area contributed by atoms with Gasteiger partial charge in [-0.05, 0) is 86.0 Å². The van der Waals surface area contributed by atoms with Crippen LogP contribution in [0.3, 0.4) is 0 Å². The van der Waals surface area contributed by atoms with E-state index < -0.39 is 22.1 Å². The Morgan fingerprint density at radius 2 is 1.73 bits per heavy atom. The molecule has 230 valence electrons. The van der Waals surface area contributed by atoms with Crippen molar-refractivity contribution in [3.8, 4) is 11.8 Å². The minimum atomic E-state index is -3.98. The molecule has 4 aromatic rings. The lowest BCUT2D eigenvalue weighted by atomic mass is 9.93. The topological polar surface area (TPSA) is 129 Å². The molecule has 0 heterocycles. The molecule has 1 atom stereocenters. The van der Waals surface area contributed by atoms with Gasteiger partial charge in [0, 0.05) is 19.1 Å². The number of nitrogens with zero attached hydrogens (tertiary/aromatic N) is 2. The first kappa shape index (κ1) is 32.5. The minimum absolute atomic E-state index is 0.0222. The largest absolute Gasteiger partial charge is 0.489 e. The fraction of sp³-hybridized carbons (Fsp3) is 0.294. The number of rotatable bonds is 13. The number of hydrogen-bond donors (Lipinski definition) is 2. The van der Waals surface area contributed by atoms with Crippen LogP contribution in [0.2, 0.25) is 0 Å². The molecule has 0 aliphatic carbocycles. The van der Waals surface area contributed by atoms with Crippen LogP contribution in [0.1, 0.15) is 42.3 Å². The fourth-order valence-corrected chi connectivity index (χ4v) is 5.95. The van der Waals surface area contributed by atoms with Crippen molar-refractivity contribution in [1.29, 1.82) is 5.26 Å². The van der Waals surface area contributed by atoms with Gasteiger partial charge in [0.25, 0.3) is 10.0 Å². The average Bonchev–Trinajstić information content (AvgIpc) is 3.02. The molecular formula is C34H37N3O6S. The predicted molar refractivity (Wildman–Crippen MR) is 170 cm³/mol. The predicted octanol–water partition coefficient (Wildman–Crippen LogP) is 5.06. The Morgan fingerprint density at radius 1 is 1.02 bits per heavy atom. The summed E-state index contributed by atoms with van der Waals surface area (Å²) in [5.41, 5.74) is 1.51. The lowest BCUT2D eigenvalue weighted by Gasteiger charge is -2.28. The summed E-state index contributed by atoms with van der Waals surface area (Å²) in [6, 6.07) is 26.5. The van der Waals surface area contributed by atoms with E-state index in [9.17, 15) is 23.6 Å². The third-order valence-corrected chi connectivity index (χ3v) is 8.98. The van der Waals surface area contributed by atoms with E-state index in [1.54, 1.807) is 6.92 Å². The SMILES string of the molecule is CCOC(=O)c1ccc(S(=O)(=O)N(C)c2ccc(OC[C@H](O)CNC(C)(C)Cc3ccc4ccccc4c3)c(C#N)c2)cc1. The molecule has 0 unspecified atom stereocenters. The molecule has 0 radical (unpaired) electrons. The second-order valence-corrected chi connectivity index (χ2v) is 13.1. The van der Waals surface area contributed by atoms with Crippen molar-refractivity contribution in [1.82, 2.24) is 5.32 Å². The number of fused-ring (bicyclic) bond motifs is 1. The van der Waals surface area contributed by atoms with Crippen molar-refractivity contribution in [3.63, 3.8) is 0 Å². The quantitative estimate of drug-likeness (QED) is 0.200. The zero-order valence-corrected chi connectivity index (χ0v) is 26.1. The van der Waals surface area contributed by atoms with Crippen LogP contribution in [0.25, 0.3) is 10.8 Å². The summed E-state index contributed by atoms with van der Waals surface area (Å²) < 4.78 is 38.2. The first-order valence-corrected chi connectivity index (χ1v) is 15.7. The van der Waals surface area contributed by atoms with Crippen molar-refractivity contribution in [2.24, 2.45) is 0 Å². The van der Waals surface area contributed by atoms with Crippen LogP contribution in [-0.4, -0.2) is 57.9 Å². The molecule has 4 rings (SSSR count). The molecule has 0 saturated carbocycles. The first-order valence-electron chi connectivity index (χ1n) is 14.3. The van der Waals surface area contributed by atoms with Crippen molar-refractivity contribution in [3.05, 3.63) is 102 Å². The van der Waals surface area contributed by atoms with Gasteiger partial charge in [-0.15, -0.1) is 0 Å². The maximum Gasteiger partial charge on any atom is 0.338 e. The second kappa shape index (κ2) is 13.9. The highest BCUT2D eigenvalue weighted by Crippen LogP contribution is 2.28. The van der Waals surface area contributed by atoms with Gasteiger partial charge in [-0.1, -0.05) is 42.5 Å². The molecule has 0 aliphatic rings. The number of carbonyl (C=O) groups is 1. The van der Waals surface area contributed by atoms with Gasteiger partial charge in [0.1, 0.15) is 24.5 Å². The van der Waals surface area contributed by atoms with E-state index in [0.717, 1.165) is 10.7 Å². The van der Waals surface area contributed by atoms with Crippen molar-refractivity contribution < 1.29 is 27.8 Å². The molecular weight excluding hydrogens is 578 g/mol. The average molecular weight is 616 g/mol. The normalized spacial score (nSPS) is 12.4. The van der Waals surface area contributed by atoms with Crippen molar-refractivity contribution >= 4 is 32.5 Å². The monoisotopic (exact) mass is 615 g/mol. The number of ether oxygens (including phenoxy) is 2. The van der Waals surface area contributed by atoms with Crippen LogP contribution in [0.4, 0.5) is 5.69 Å². The molecule has 10 heteroatoms. The molecule has 0 amide bonds. The van der Waals surface area contributed by atoms with Gasteiger partial charge >= 0.3 is 5.97 Å². The summed E-state index contributed by atoms with van der Waals surface area (Å²) in [6.07, 6.45) is -0.0880. The number of aliphatic hydroxyl groups is 1. The number of aliphatic hydroxyl groups excluding tert-OH is 1. The van der Waals surface area contributed by atoms with Crippen LogP contribution in [0.15, 0.2) is 89.8 Å². The molecule has 44 heavy (non-hydrogen) atoms. The molecule has 0 fully saturated rings. The lowest BCUT2D eigenvalue weighted by molar-refractivity contribution is 0.0526. The zero-order chi connectivity index (χ0) is 31.9. The Balaban J connectivity index is 1.35. The van der Waals surface area contributed by atoms with Gasteiger partial charge in [-0.2, -0.15) is 5.26 Å². The Kier molecular flexibility index (Phi) is 10.3. The standard InChI is InChI=1S/C34H37N3O6S/c1-5-42-33(39)26-12-15-31(16-13-26)44(40,41)37(4)29-14-17-32(28(19-29)21-35)43-23-30(38)22-36-34(2,3)20-24-10-11-25-8-6-7-9-27(25)18-24/h6-19,30,36,38H,5,20,22-23H2,1-4H3/t30-/m1/s1. The molecule has 2 N–H and O–H groups in total. The summed E-state index contributed by atoms with van der Waals surface area (Å²) >= 11 is 0.